The van der Waals surface area contributed by atoms with Crippen molar-refractivity contribution in [1.82, 2.24) is 25.4 Å². The van der Waals surface area contributed by atoms with Crippen LogP contribution in [0.3, 0.4) is 0 Å². The summed E-state index contributed by atoms with van der Waals surface area (Å²) < 4.78 is 11.4. The number of carbonyl (C=O) groups excluding carboxylic acids is 4. The van der Waals surface area contributed by atoms with Crippen molar-refractivity contribution in [1.29, 1.82) is 0 Å². The molecule has 2 rings (SSSR count). The maximum Gasteiger partial charge on any atom is 0.412 e. The minimum absolute atomic E-state index is 0.125. The maximum atomic E-state index is 14.8. The molecule has 49 heavy (non-hydrogen) atoms. The van der Waals surface area contributed by atoms with Gasteiger partial charge in [-0.3, -0.25) is 14.5 Å². The molecule has 14 heteroatoms. The Morgan fingerprint density at radius 3 is 2.33 bits per heavy atom. The van der Waals surface area contributed by atoms with E-state index in [0.29, 0.717) is 43.8 Å². The Bertz CT molecular complexity index is 1280. The molecular weight excluding hydrogens is 650 g/mol. The molecule has 4 amide bonds. The summed E-state index contributed by atoms with van der Waals surface area (Å²) in [6, 6.07) is -0.486. The highest BCUT2D eigenvalue weighted by Crippen LogP contribution is 2.34. The van der Waals surface area contributed by atoms with E-state index in [4.69, 9.17) is 9.47 Å². The van der Waals surface area contributed by atoms with E-state index >= 15 is 0 Å². The number of carboxylic acids is 1. The van der Waals surface area contributed by atoms with Gasteiger partial charge in [0.1, 0.15) is 22.2 Å². The highest BCUT2D eigenvalue weighted by atomic mass is 32.1. The molecule has 5 atom stereocenters. The SMILES string of the molecule is CCCCCCN(C(=O)[C@H](C(=O)N[C@@]1(C)CCCN1C(=O)OC(C)(C)C)[C@@H](C)CC)[C@H](C[C@@H](OC(=O)NC)c1nc(C(=O)O)cs1)C(C)C. The van der Waals surface area contributed by atoms with Crippen molar-refractivity contribution in [3.05, 3.63) is 16.1 Å². The Balaban J connectivity index is 2.53. The van der Waals surface area contributed by atoms with Gasteiger partial charge in [0, 0.05) is 38.0 Å². The molecule has 278 valence electrons. The summed E-state index contributed by atoms with van der Waals surface area (Å²) in [5.41, 5.74) is -1.90. The number of carbonyl (C=O) groups is 5. The second-order valence-corrected chi connectivity index (χ2v) is 15.4. The van der Waals surface area contributed by atoms with Gasteiger partial charge in [0.25, 0.3) is 0 Å². The van der Waals surface area contributed by atoms with Gasteiger partial charge in [-0.2, -0.15) is 0 Å². The number of rotatable bonds is 17. The lowest BCUT2D eigenvalue weighted by Crippen LogP contribution is -2.61. The third-order valence-corrected chi connectivity index (χ3v) is 9.98. The van der Waals surface area contributed by atoms with E-state index in [1.165, 1.54) is 17.3 Å². The van der Waals surface area contributed by atoms with Gasteiger partial charge >= 0.3 is 18.2 Å². The zero-order valence-electron chi connectivity index (χ0n) is 31.1. The minimum atomic E-state index is -1.20. The number of amides is 4. The van der Waals surface area contributed by atoms with Gasteiger partial charge in [-0.05, 0) is 58.8 Å². The third-order valence-electron chi connectivity index (χ3n) is 9.04. The molecule has 1 aliphatic rings. The van der Waals surface area contributed by atoms with E-state index in [1.54, 1.807) is 32.6 Å². The fourth-order valence-corrected chi connectivity index (χ4v) is 6.96. The number of nitrogens with one attached hydrogen (secondary N) is 2. The van der Waals surface area contributed by atoms with E-state index in [9.17, 15) is 29.1 Å². The van der Waals surface area contributed by atoms with Crippen LogP contribution in [0.25, 0.3) is 0 Å². The second kappa shape index (κ2) is 18.5. The summed E-state index contributed by atoms with van der Waals surface area (Å²) in [6.45, 7) is 17.8. The summed E-state index contributed by atoms with van der Waals surface area (Å²) in [4.78, 5) is 73.8. The molecule has 0 aliphatic carbocycles. The Morgan fingerprint density at radius 1 is 1.12 bits per heavy atom. The van der Waals surface area contributed by atoms with Gasteiger partial charge in [0.15, 0.2) is 11.8 Å². The van der Waals surface area contributed by atoms with Crippen LogP contribution in [0.4, 0.5) is 9.59 Å². The molecule has 0 saturated carbocycles. The van der Waals surface area contributed by atoms with Crippen molar-refractivity contribution >= 4 is 41.3 Å². The molecule has 3 N–H and O–H groups in total. The number of thiazole rings is 1. The van der Waals surface area contributed by atoms with Gasteiger partial charge < -0.3 is 30.1 Å². The zero-order valence-corrected chi connectivity index (χ0v) is 31.9. The quantitative estimate of drug-likeness (QED) is 0.119. The molecule has 13 nitrogen and oxygen atoms in total. The molecule has 0 radical (unpaired) electrons. The normalized spacial score (nSPS) is 18.7. The van der Waals surface area contributed by atoms with Crippen LogP contribution in [0, 0.1) is 17.8 Å². The summed E-state index contributed by atoms with van der Waals surface area (Å²) in [6.07, 6.45) is 3.32. The van der Waals surface area contributed by atoms with Crippen LogP contribution in [0.5, 0.6) is 0 Å². The van der Waals surface area contributed by atoms with Crippen LogP contribution in [0.2, 0.25) is 0 Å². The van der Waals surface area contributed by atoms with E-state index in [0.717, 1.165) is 30.6 Å². The summed E-state index contributed by atoms with van der Waals surface area (Å²) >= 11 is 1.07. The second-order valence-electron chi connectivity index (χ2n) is 14.5. The Kier molecular flexibility index (Phi) is 15.8. The monoisotopic (exact) mass is 709 g/mol. The average molecular weight is 710 g/mol. The van der Waals surface area contributed by atoms with Crippen LogP contribution < -0.4 is 10.6 Å². The smallest absolute Gasteiger partial charge is 0.412 e. The number of carboxylic acid groups (broad SMARTS) is 1. The molecule has 0 spiro atoms. The summed E-state index contributed by atoms with van der Waals surface area (Å²) in [7, 11) is 1.43. The minimum Gasteiger partial charge on any atom is -0.476 e. The van der Waals surface area contributed by atoms with Crippen LogP contribution in [0.1, 0.15) is 135 Å². The van der Waals surface area contributed by atoms with Crippen molar-refractivity contribution in [3.8, 4) is 0 Å². The fraction of sp³-hybridized carbons (Fsp3) is 0.771. The Labute approximate surface area is 295 Å². The number of aromatic carboxylic acids is 1. The van der Waals surface area contributed by atoms with Gasteiger partial charge in [-0.15, -0.1) is 11.3 Å². The first-order valence-electron chi connectivity index (χ1n) is 17.6. The fourth-order valence-electron chi connectivity index (χ4n) is 6.12. The van der Waals surface area contributed by atoms with Gasteiger partial charge in [0.05, 0.1) is 0 Å². The standard InChI is InChI=1S/C35H59N5O8S/c1-11-13-14-15-18-39(25(22(3)4)20-26(47-32(45)36-10)29-37-24(21-49-29)31(43)44)30(42)27(23(5)12-2)28(41)38-35(9)17-16-19-40(35)33(46)48-34(6,7)8/h21-23,25-27H,11-20H2,1-10H3,(H,36,45)(H,38,41)(H,43,44)/t23-,25+,26+,27-,35+/m0/s1. The van der Waals surface area contributed by atoms with Crippen LogP contribution in [-0.4, -0.2) is 87.3 Å². The van der Waals surface area contributed by atoms with Crippen molar-refractivity contribution in [3.63, 3.8) is 0 Å². The van der Waals surface area contributed by atoms with Crippen LogP contribution in [0.15, 0.2) is 5.38 Å². The summed E-state index contributed by atoms with van der Waals surface area (Å²) in [5, 5.41) is 16.7. The predicted molar refractivity (Wildman–Crippen MR) is 188 cm³/mol. The lowest BCUT2D eigenvalue weighted by Gasteiger charge is -2.41. The van der Waals surface area contributed by atoms with Crippen LogP contribution in [-0.2, 0) is 19.1 Å². The van der Waals surface area contributed by atoms with Crippen molar-refractivity contribution in [2.75, 3.05) is 20.1 Å². The van der Waals surface area contributed by atoms with Crippen molar-refractivity contribution in [2.45, 2.75) is 137 Å². The molecule has 0 bridgehead atoms. The lowest BCUT2D eigenvalue weighted by molar-refractivity contribution is -0.149. The number of aromatic nitrogens is 1. The van der Waals surface area contributed by atoms with E-state index in [-0.39, 0.29) is 29.9 Å². The number of ether oxygens (including phenoxy) is 2. The van der Waals surface area contributed by atoms with Gasteiger partial charge in [0.2, 0.25) is 11.8 Å². The largest absolute Gasteiger partial charge is 0.476 e. The van der Waals surface area contributed by atoms with E-state index in [1.807, 2.05) is 27.7 Å². The highest BCUT2D eigenvalue weighted by molar-refractivity contribution is 7.09. The topological polar surface area (TPSA) is 167 Å². The molecule has 1 aromatic rings. The molecule has 1 aliphatic heterocycles. The predicted octanol–water partition coefficient (Wildman–Crippen LogP) is 6.59. The highest BCUT2D eigenvalue weighted by Gasteiger charge is 2.46. The molecule has 0 aromatic carbocycles. The number of alkyl carbamates (subject to hydrolysis) is 1. The van der Waals surface area contributed by atoms with E-state index in [2.05, 4.69) is 22.5 Å². The number of hydrogen-bond acceptors (Lipinski definition) is 9. The number of unbranched alkanes of at least 4 members (excludes halogenated alkanes) is 3. The molecule has 2 heterocycles. The Hall–Kier alpha value is -3.42. The summed E-state index contributed by atoms with van der Waals surface area (Å²) in [5.74, 6) is -3.49. The number of likely N-dealkylation sites (tertiary alicyclic amines) is 1. The molecule has 1 aromatic heterocycles. The molecule has 0 unspecified atom stereocenters. The molecular formula is C35H59N5O8S. The van der Waals surface area contributed by atoms with Crippen LogP contribution >= 0.6 is 11.3 Å². The van der Waals surface area contributed by atoms with Gasteiger partial charge in [-0.25, -0.2) is 19.4 Å². The number of hydrogen-bond donors (Lipinski definition) is 3. The zero-order chi connectivity index (χ0) is 37.1. The van der Waals surface area contributed by atoms with E-state index < -0.39 is 53.4 Å². The average Bonchev–Trinajstić information content (AvgIpc) is 3.66. The Morgan fingerprint density at radius 2 is 1.80 bits per heavy atom. The third kappa shape index (κ3) is 11.9. The molecule has 1 fully saturated rings. The first-order valence-corrected chi connectivity index (χ1v) is 18.5. The first-order chi connectivity index (χ1) is 22.9. The molecule has 1 saturated heterocycles. The van der Waals surface area contributed by atoms with Crippen molar-refractivity contribution in [2.24, 2.45) is 17.8 Å². The van der Waals surface area contributed by atoms with Gasteiger partial charge in [-0.1, -0.05) is 60.3 Å². The lowest BCUT2D eigenvalue weighted by atomic mass is 9.86. The first kappa shape index (κ1) is 41.7. The number of nitrogens with zero attached hydrogens (tertiary/aromatic N) is 3. The van der Waals surface area contributed by atoms with Crippen molar-refractivity contribution < 1.29 is 38.6 Å². The maximum absolute atomic E-state index is 14.8.